The Morgan fingerprint density at radius 2 is 1.68 bits per heavy atom. The van der Waals surface area contributed by atoms with Crippen molar-refractivity contribution >= 4 is 23.6 Å². The van der Waals surface area contributed by atoms with Gasteiger partial charge < -0.3 is 31.5 Å². The minimum Gasteiger partial charge on any atom is -0.505 e. The Morgan fingerprint density at radius 3 is 2.34 bits per heavy atom. The van der Waals surface area contributed by atoms with Crippen LogP contribution in [0.2, 0.25) is 0 Å². The van der Waals surface area contributed by atoms with Gasteiger partial charge in [-0.15, -0.1) is 0 Å². The van der Waals surface area contributed by atoms with Gasteiger partial charge in [0.05, 0.1) is 24.1 Å². The number of benzene rings is 1. The van der Waals surface area contributed by atoms with Gasteiger partial charge in [-0.05, 0) is 49.8 Å². The Bertz CT molecular complexity index is 1190. The second-order valence-corrected chi connectivity index (χ2v) is 10.0. The van der Waals surface area contributed by atoms with Crippen molar-refractivity contribution in [2.45, 2.75) is 63.4 Å². The van der Waals surface area contributed by atoms with E-state index >= 15 is 0 Å². The summed E-state index contributed by atoms with van der Waals surface area (Å²) in [5.74, 6) is -3.79. The highest BCUT2D eigenvalue weighted by Crippen LogP contribution is 2.33. The molecule has 1 saturated heterocycles. The largest absolute Gasteiger partial charge is 0.505 e. The number of aromatic hydroxyl groups is 1. The first-order chi connectivity index (χ1) is 18.2. The zero-order valence-electron chi connectivity index (χ0n) is 21.3. The van der Waals surface area contributed by atoms with Crippen molar-refractivity contribution in [1.82, 2.24) is 26.3 Å². The fraction of sp³-hybridized carbons (Fsp3) is 0.444. The molecule has 1 aromatic carbocycles. The number of nitrogens with one attached hydrogen (secondary N) is 4. The van der Waals surface area contributed by atoms with Crippen LogP contribution in [0.25, 0.3) is 0 Å². The maximum Gasteiger partial charge on any atom is 0.274 e. The Morgan fingerprint density at radius 1 is 0.974 bits per heavy atom. The number of pyridine rings is 1. The van der Waals surface area contributed by atoms with Gasteiger partial charge in [0.1, 0.15) is 17.8 Å². The molecule has 2 fully saturated rings. The van der Waals surface area contributed by atoms with Crippen molar-refractivity contribution in [2.24, 2.45) is 11.8 Å². The summed E-state index contributed by atoms with van der Waals surface area (Å²) in [6.45, 7) is 3.10. The van der Waals surface area contributed by atoms with E-state index in [-0.39, 0.29) is 23.8 Å². The van der Waals surface area contributed by atoms with Crippen LogP contribution in [0.15, 0.2) is 48.7 Å². The number of hydrogen-bond acceptors (Lipinski definition) is 7. The summed E-state index contributed by atoms with van der Waals surface area (Å²) in [5, 5.41) is 32.2. The summed E-state index contributed by atoms with van der Waals surface area (Å²) >= 11 is 0. The summed E-state index contributed by atoms with van der Waals surface area (Å²) in [4.78, 5) is 56.6. The van der Waals surface area contributed by atoms with Gasteiger partial charge in [0, 0.05) is 6.20 Å². The van der Waals surface area contributed by atoms with Crippen LogP contribution in [0.4, 0.5) is 0 Å². The lowest BCUT2D eigenvalue weighted by Gasteiger charge is -2.34. The first-order valence-electron chi connectivity index (χ1n) is 12.7. The summed E-state index contributed by atoms with van der Waals surface area (Å²) in [5.41, 5.74) is 0.551. The van der Waals surface area contributed by atoms with Gasteiger partial charge in [0.2, 0.25) is 17.7 Å². The molecular weight excluding hydrogens is 490 g/mol. The standard InChI is InChI=1S/C27H33N5O6/c1-14-23(34)18(13-16-7-4-3-5-8-16)30-25(36)20(31-27(38)22-19(33)9-6-12-28-22)15(2)29-26(37)21(17-10-11-17)32-24(14)35/h3-9,12,14-15,17-18,20-21,23,33-34H,10-11,13H2,1-2H3,(H,29,37)(H,30,36)(H,31,38)(H,32,35). The highest BCUT2D eigenvalue weighted by molar-refractivity contribution is 5.98. The van der Waals surface area contributed by atoms with Crippen LogP contribution in [-0.2, 0) is 20.8 Å². The zero-order chi connectivity index (χ0) is 27.4. The molecule has 2 heterocycles. The van der Waals surface area contributed by atoms with Crippen LogP contribution in [0, 0.1) is 11.8 Å². The highest BCUT2D eigenvalue weighted by Gasteiger charge is 2.42. The average Bonchev–Trinajstić information content (AvgIpc) is 3.74. The first kappa shape index (κ1) is 27.1. The minimum absolute atomic E-state index is 0.0501. The van der Waals surface area contributed by atoms with Crippen LogP contribution in [0.3, 0.4) is 0 Å². The fourth-order valence-corrected chi connectivity index (χ4v) is 4.61. The number of aromatic nitrogens is 1. The summed E-state index contributed by atoms with van der Waals surface area (Å²) < 4.78 is 0. The van der Waals surface area contributed by atoms with Crippen LogP contribution < -0.4 is 21.3 Å². The van der Waals surface area contributed by atoms with E-state index in [9.17, 15) is 29.4 Å². The Labute approximate surface area is 220 Å². The predicted octanol–water partition coefficient (Wildman–Crippen LogP) is 0.0232. The molecule has 0 radical (unpaired) electrons. The normalized spacial score (nSPS) is 28.7. The predicted molar refractivity (Wildman–Crippen MR) is 137 cm³/mol. The molecule has 6 unspecified atom stereocenters. The Hall–Kier alpha value is -3.99. The molecule has 2 aromatic rings. The van der Waals surface area contributed by atoms with E-state index < -0.39 is 59.8 Å². The van der Waals surface area contributed by atoms with Gasteiger partial charge in [-0.25, -0.2) is 4.98 Å². The Balaban J connectivity index is 1.66. The van der Waals surface area contributed by atoms with Crippen LogP contribution in [-0.4, -0.2) is 69.1 Å². The molecule has 1 saturated carbocycles. The molecule has 6 atom stereocenters. The lowest BCUT2D eigenvalue weighted by Crippen LogP contribution is -2.64. The van der Waals surface area contributed by atoms with E-state index in [1.54, 1.807) is 13.8 Å². The van der Waals surface area contributed by atoms with E-state index in [4.69, 9.17) is 0 Å². The molecule has 1 aromatic heterocycles. The molecule has 38 heavy (non-hydrogen) atoms. The molecule has 1 aliphatic carbocycles. The molecule has 4 rings (SSSR count). The third-order valence-electron chi connectivity index (χ3n) is 7.08. The van der Waals surface area contributed by atoms with E-state index in [1.807, 2.05) is 30.3 Å². The third-order valence-corrected chi connectivity index (χ3v) is 7.08. The maximum absolute atomic E-state index is 13.6. The van der Waals surface area contributed by atoms with Crippen LogP contribution in [0.1, 0.15) is 42.7 Å². The van der Waals surface area contributed by atoms with Crippen LogP contribution >= 0.6 is 0 Å². The van der Waals surface area contributed by atoms with Gasteiger partial charge in [-0.2, -0.15) is 0 Å². The third kappa shape index (κ3) is 6.28. The van der Waals surface area contributed by atoms with E-state index in [0.29, 0.717) is 0 Å². The molecule has 1 aliphatic heterocycles. The first-order valence-corrected chi connectivity index (χ1v) is 12.7. The smallest absolute Gasteiger partial charge is 0.274 e. The number of aliphatic hydroxyl groups excluding tert-OH is 1. The summed E-state index contributed by atoms with van der Waals surface area (Å²) in [7, 11) is 0. The number of rotatable bonds is 5. The van der Waals surface area contributed by atoms with E-state index in [0.717, 1.165) is 18.4 Å². The number of amides is 4. The molecule has 2 aliphatic rings. The number of carbonyl (C=O) groups excluding carboxylic acids is 4. The van der Waals surface area contributed by atoms with E-state index in [1.165, 1.54) is 18.3 Å². The summed E-state index contributed by atoms with van der Waals surface area (Å²) in [6, 6.07) is 8.06. The number of hydrogen-bond donors (Lipinski definition) is 6. The molecule has 0 bridgehead atoms. The monoisotopic (exact) mass is 523 g/mol. The molecule has 0 spiro atoms. The van der Waals surface area contributed by atoms with Gasteiger partial charge in [-0.3, -0.25) is 19.2 Å². The molecule has 11 heteroatoms. The molecular formula is C27H33N5O6. The topological polar surface area (TPSA) is 170 Å². The van der Waals surface area contributed by atoms with E-state index in [2.05, 4.69) is 26.3 Å². The lowest BCUT2D eigenvalue weighted by atomic mass is 9.91. The minimum atomic E-state index is -1.28. The van der Waals surface area contributed by atoms with Crippen molar-refractivity contribution in [3.63, 3.8) is 0 Å². The molecule has 11 nitrogen and oxygen atoms in total. The SMILES string of the molecule is CC1NC(=O)C(C2CC2)NC(=O)C(C)C(O)C(Cc2ccccc2)NC(=O)C1NC(=O)c1ncccc1O. The lowest BCUT2D eigenvalue weighted by molar-refractivity contribution is -0.136. The van der Waals surface area contributed by atoms with Gasteiger partial charge in [0.15, 0.2) is 5.69 Å². The molecule has 202 valence electrons. The van der Waals surface area contributed by atoms with Gasteiger partial charge in [-0.1, -0.05) is 37.3 Å². The van der Waals surface area contributed by atoms with Crippen molar-refractivity contribution in [3.8, 4) is 5.75 Å². The number of aliphatic hydroxyl groups is 1. The second-order valence-electron chi connectivity index (χ2n) is 10.0. The van der Waals surface area contributed by atoms with Crippen molar-refractivity contribution in [2.75, 3.05) is 0 Å². The summed E-state index contributed by atoms with van der Waals surface area (Å²) in [6.07, 6.45) is 1.80. The second kappa shape index (κ2) is 11.6. The highest BCUT2D eigenvalue weighted by atomic mass is 16.3. The van der Waals surface area contributed by atoms with Crippen LogP contribution in [0.5, 0.6) is 5.75 Å². The number of carbonyl (C=O) groups is 4. The van der Waals surface area contributed by atoms with Crippen molar-refractivity contribution in [1.29, 1.82) is 0 Å². The zero-order valence-corrected chi connectivity index (χ0v) is 21.3. The maximum atomic E-state index is 13.6. The Kier molecular flexibility index (Phi) is 8.26. The quantitative estimate of drug-likeness (QED) is 0.321. The van der Waals surface area contributed by atoms with Crippen molar-refractivity contribution < 1.29 is 29.4 Å². The van der Waals surface area contributed by atoms with Crippen molar-refractivity contribution in [3.05, 3.63) is 59.9 Å². The average molecular weight is 524 g/mol. The molecule has 4 amide bonds. The van der Waals surface area contributed by atoms with Gasteiger partial charge in [0.25, 0.3) is 5.91 Å². The fourth-order valence-electron chi connectivity index (χ4n) is 4.61. The molecule has 6 N–H and O–H groups in total. The number of nitrogens with zero attached hydrogens (tertiary/aromatic N) is 1. The van der Waals surface area contributed by atoms with Gasteiger partial charge >= 0.3 is 0 Å².